The van der Waals surface area contributed by atoms with Crippen molar-refractivity contribution in [2.24, 2.45) is 0 Å². The van der Waals surface area contributed by atoms with E-state index in [-0.39, 0.29) is 0 Å². The number of rotatable bonds is 7. The number of imidazole rings is 1. The van der Waals surface area contributed by atoms with Gasteiger partial charge in [-0.1, -0.05) is 12.1 Å². The summed E-state index contributed by atoms with van der Waals surface area (Å²) < 4.78 is 6.98. The third kappa shape index (κ3) is 3.66. The SMILES string of the molecule is CCCNCc1cn(CCc2noc(C)n2)cn1. The van der Waals surface area contributed by atoms with Gasteiger partial charge in [0.25, 0.3) is 0 Å². The summed E-state index contributed by atoms with van der Waals surface area (Å²) in [6.07, 6.45) is 5.79. The van der Waals surface area contributed by atoms with Crippen molar-refractivity contribution in [3.8, 4) is 0 Å². The normalized spacial score (nSPS) is 11.0. The first-order chi connectivity index (χ1) is 8.78. The summed E-state index contributed by atoms with van der Waals surface area (Å²) in [6, 6.07) is 0. The Morgan fingerprint density at radius 3 is 3.06 bits per heavy atom. The molecule has 6 heteroatoms. The Kier molecular flexibility index (Phi) is 4.46. The van der Waals surface area contributed by atoms with Gasteiger partial charge in [-0.25, -0.2) is 4.98 Å². The van der Waals surface area contributed by atoms with Crippen molar-refractivity contribution in [2.75, 3.05) is 6.54 Å². The van der Waals surface area contributed by atoms with Crippen LogP contribution in [0.15, 0.2) is 17.0 Å². The molecule has 0 aliphatic rings. The molecule has 0 amide bonds. The Labute approximate surface area is 106 Å². The second kappa shape index (κ2) is 6.30. The zero-order valence-electron chi connectivity index (χ0n) is 10.9. The molecule has 0 aromatic carbocycles. The molecule has 0 bridgehead atoms. The summed E-state index contributed by atoms with van der Waals surface area (Å²) in [6.45, 7) is 6.61. The van der Waals surface area contributed by atoms with Crippen LogP contribution in [0.3, 0.4) is 0 Å². The van der Waals surface area contributed by atoms with Crippen LogP contribution in [0.1, 0.15) is 30.8 Å². The first-order valence-electron chi connectivity index (χ1n) is 6.28. The molecule has 0 aliphatic heterocycles. The molecule has 2 aromatic heterocycles. The number of hydrogen-bond donors (Lipinski definition) is 1. The molecule has 0 saturated heterocycles. The van der Waals surface area contributed by atoms with E-state index in [0.29, 0.717) is 5.89 Å². The Morgan fingerprint density at radius 2 is 2.33 bits per heavy atom. The molecule has 0 atom stereocenters. The first-order valence-corrected chi connectivity index (χ1v) is 6.28. The van der Waals surface area contributed by atoms with E-state index in [1.54, 1.807) is 6.92 Å². The van der Waals surface area contributed by atoms with Crippen molar-refractivity contribution in [3.63, 3.8) is 0 Å². The maximum Gasteiger partial charge on any atom is 0.223 e. The highest BCUT2D eigenvalue weighted by atomic mass is 16.5. The molecule has 0 fully saturated rings. The van der Waals surface area contributed by atoms with Crippen LogP contribution in [0.2, 0.25) is 0 Å². The lowest BCUT2D eigenvalue weighted by Crippen LogP contribution is -2.13. The molecule has 6 nitrogen and oxygen atoms in total. The minimum atomic E-state index is 0.611. The van der Waals surface area contributed by atoms with Crippen LogP contribution >= 0.6 is 0 Å². The van der Waals surface area contributed by atoms with E-state index < -0.39 is 0 Å². The van der Waals surface area contributed by atoms with Gasteiger partial charge in [-0.05, 0) is 13.0 Å². The molecule has 2 aromatic rings. The van der Waals surface area contributed by atoms with Crippen molar-refractivity contribution in [1.29, 1.82) is 0 Å². The summed E-state index contributed by atoms with van der Waals surface area (Å²) in [4.78, 5) is 8.51. The lowest BCUT2D eigenvalue weighted by molar-refractivity contribution is 0.386. The third-order valence-electron chi connectivity index (χ3n) is 2.58. The standard InChI is InChI=1S/C12H19N5O/c1-3-5-13-7-11-8-17(9-14-11)6-4-12-15-10(2)18-16-12/h8-9,13H,3-7H2,1-2H3. The van der Waals surface area contributed by atoms with E-state index >= 15 is 0 Å². The van der Waals surface area contributed by atoms with Gasteiger partial charge in [-0.3, -0.25) is 0 Å². The Morgan fingerprint density at radius 1 is 1.44 bits per heavy atom. The number of hydrogen-bond acceptors (Lipinski definition) is 5. The molecule has 18 heavy (non-hydrogen) atoms. The molecule has 0 saturated carbocycles. The molecule has 1 N–H and O–H groups in total. The smallest absolute Gasteiger partial charge is 0.223 e. The lowest BCUT2D eigenvalue weighted by atomic mass is 10.4. The number of aromatic nitrogens is 4. The van der Waals surface area contributed by atoms with Crippen LogP contribution in [0.4, 0.5) is 0 Å². The number of nitrogens with zero attached hydrogens (tertiary/aromatic N) is 4. The van der Waals surface area contributed by atoms with Crippen LogP contribution < -0.4 is 5.32 Å². The number of nitrogens with one attached hydrogen (secondary N) is 1. The van der Waals surface area contributed by atoms with Crippen LogP contribution in [-0.2, 0) is 19.5 Å². The third-order valence-corrected chi connectivity index (χ3v) is 2.58. The molecule has 0 aliphatic carbocycles. The van der Waals surface area contributed by atoms with E-state index in [1.165, 1.54) is 0 Å². The predicted octanol–water partition coefficient (Wildman–Crippen LogP) is 1.32. The quantitative estimate of drug-likeness (QED) is 0.749. The average molecular weight is 249 g/mol. The van der Waals surface area contributed by atoms with Gasteiger partial charge in [-0.15, -0.1) is 0 Å². The fraction of sp³-hybridized carbons (Fsp3) is 0.583. The summed E-state index contributed by atoms with van der Waals surface area (Å²) >= 11 is 0. The molecule has 98 valence electrons. The Bertz CT molecular complexity index is 476. The van der Waals surface area contributed by atoms with Gasteiger partial charge in [0, 0.05) is 32.6 Å². The predicted molar refractivity (Wildman–Crippen MR) is 67.0 cm³/mol. The highest BCUT2D eigenvalue weighted by Crippen LogP contribution is 2.01. The largest absolute Gasteiger partial charge is 0.340 e. The summed E-state index contributed by atoms with van der Waals surface area (Å²) in [7, 11) is 0. The van der Waals surface area contributed by atoms with Crippen LogP contribution in [0.25, 0.3) is 0 Å². The van der Waals surface area contributed by atoms with Crippen molar-refractivity contribution < 1.29 is 4.52 Å². The zero-order valence-corrected chi connectivity index (χ0v) is 10.9. The summed E-state index contributed by atoms with van der Waals surface area (Å²) in [5, 5.41) is 7.19. The fourth-order valence-electron chi connectivity index (χ4n) is 1.69. The molecule has 0 radical (unpaired) electrons. The highest BCUT2D eigenvalue weighted by Gasteiger charge is 2.03. The van der Waals surface area contributed by atoms with E-state index in [2.05, 4.69) is 38.1 Å². The van der Waals surface area contributed by atoms with Gasteiger partial charge >= 0.3 is 0 Å². The van der Waals surface area contributed by atoms with E-state index in [0.717, 1.165) is 44.0 Å². The molecular weight excluding hydrogens is 230 g/mol. The van der Waals surface area contributed by atoms with Gasteiger partial charge in [0.2, 0.25) is 5.89 Å². The van der Waals surface area contributed by atoms with Gasteiger partial charge < -0.3 is 14.4 Å². The van der Waals surface area contributed by atoms with Crippen molar-refractivity contribution in [3.05, 3.63) is 29.9 Å². The van der Waals surface area contributed by atoms with Gasteiger partial charge in [0.15, 0.2) is 5.82 Å². The zero-order chi connectivity index (χ0) is 12.8. The highest BCUT2D eigenvalue weighted by molar-refractivity contribution is 4.96. The molecule has 2 heterocycles. The van der Waals surface area contributed by atoms with Gasteiger partial charge in [0.05, 0.1) is 12.0 Å². The first kappa shape index (κ1) is 12.8. The fourth-order valence-corrected chi connectivity index (χ4v) is 1.69. The monoisotopic (exact) mass is 249 g/mol. The molecule has 0 spiro atoms. The van der Waals surface area contributed by atoms with Crippen molar-refractivity contribution in [2.45, 2.75) is 39.8 Å². The molecule has 0 unspecified atom stereocenters. The van der Waals surface area contributed by atoms with E-state index in [4.69, 9.17) is 4.52 Å². The van der Waals surface area contributed by atoms with Crippen LogP contribution in [0, 0.1) is 6.92 Å². The topological polar surface area (TPSA) is 68.8 Å². The maximum atomic E-state index is 4.93. The average Bonchev–Trinajstić information content (AvgIpc) is 2.96. The van der Waals surface area contributed by atoms with Crippen molar-refractivity contribution >= 4 is 0 Å². The minimum Gasteiger partial charge on any atom is -0.340 e. The van der Waals surface area contributed by atoms with Gasteiger partial charge in [-0.2, -0.15) is 4.98 Å². The summed E-state index contributed by atoms with van der Waals surface area (Å²) in [5.41, 5.74) is 1.06. The van der Waals surface area contributed by atoms with Gasteiger partial charge in [0.1, 0.15) is 0 Å². The number of aryl methyl sites for hydroxylation is 3. The van der Waals surface area contributed by atoms with Crippen LogP contribution in [0.5, 0.6) is 0 Å². The second-order valence-corrected chi connectivity index (χ2v) is 4.26. The van der Waals surface area contributed by atoms with Crippen molar-refractivity contribution in [1.82, 2.24) is 25.0 Å². The minimum absolute atomic E-state index is 0.611. The lowest BCUT2D eigenvalue weighted by Gasteiger charge is -1.99. The van der Waals surface area contributed by atoms with E-state index in [9.17, 15) is 0 Å². The van der Waals surface area contributed by atoms with E-state index in [1.807, 2.05) is 6.33 Å². The maximum absolute atomic E-state index is 4.93. The van der Waals surface area contributed by atoms with Crippen LogP contribution in [-0.4, -0.2) is 26.2 Å². The molecule has 2 rings (SSSR count). The summed E-state index contributed by atoms with van der Waals surface area (Å²) in [5.74, 6) is 1.35. The second-order valence-electron chi connectivity index (χ2n) is 4.26. The molecular formula is C12H19N5O. The Hall–Kier alpha value is -1.69. The Balaban J connectivity index is 1.79.